The molecule has 3 heterocycles. The van der Waals surface area contributed by atoms with E-state index in [1.165, 1.54) is 0 Å². The molecule has 1 N–H and O–H groups in total. The van der Waals surface area contributed by atoms with Crippen molar-refractivity contribution in [3.05, 3.63) is 54.5 Å². The Balaban J connectivity index is 1.51. The Kier molecular flexibility index (Phi) is 5.97. The number of benzene rings is 1. The topological polar surface area (TPSA) is 72.4 Å². The molecular weight excluding hydrogens is 378 g/mol. The van der Waals surface area contributed by atoms with E-state index in [1.807, 2.05) is 36.4 Å². The van der Waals surface area contributed by atoms with Gasteiger partial charge in [-0.15, -0.1) is 0 Å². The first kappa shape index (κ1) is 19.9. The molecule has 2 aromatic heterocycles. The lowest BCUT2D eigenvalue weighted by molar-refractivity contribution is 0.394. The van der Waals surface area contributed by atoms with Crippen LogP contribution >= 0.6 is 0 Å². The van der Waals surface area contributed by atoms with Crippen molar-refractivity contribution in [2.24, 2.45) is 0 Å². The van der Waals surface area contributed by atoms with Crippen LogP contribution in [0.25, 0.3) is 11.4 Å². The number of hydrogen-bond acceptors (Lipinski definition) is 7. The molecule has 1 aliphatic rings. The van der Waals surface area contributed by atoms with E-state index in [4.69, 9.17) is 14.5 Å². The number of anilines is 2. The van der Waals surface area contributed by atoms with E-state index in [0.717, 1.165) is 66.0 Å². The van der Waals surface area contributed by atoms with Gasteiger partial charge < -0.3 is 19.7 Å². The zero-order chi connectivity index (χ0) is 20.9. The van der Waals surface area contributed by atoms with Gasteiger partial charge in [0.05, 0.1) is 14.2 Å². The summed E-state index contributed by atoms with van der Waals surface area (Å²) in [6.45, 7) is 3.94. The molecule has 0 aliphatic carbocycles. The number of rotatable bonds is 7. The molecule has 0 radical (unpaired) electrons. The summed E-state index contributed by atoms with van der Waals surface area (Å²) in [7, 11) is 3.35. The lowest BCUT2D eigenvalue weighted by Gasteiger charge is -2.21. The molecule has 0 spiro atoms. The summed E-state index contributed by atoms with van der Waals surface area (Å²) >= 11 is 0. The van der Waals surface area contributed by atoms with Crippen LogP contribution in [0, 0.1) is 0 Å². The molecule has 3 aromatic rings. The zero-order valence-corrected chi connectivity index (χ0v) is 17.6. The smallest absolute Gasteiger partial charge is 0.161 e. The van der Waals surface area contributed by atoms with Gasteiger partial charge in [-0.1, -0.05) is 6.92 Å². The minimum absolute atomic E-state index is 0.298. The molecule has 1 saturated heterocycles. The molecule has 1 aromatic carbocycles. The average molecular weight is 406 g/mol. The fourth-order valence-electron chi connectivity index (χ4n) is 3.68. The Labute approximate surface area is 177 Å². The monoisotopic (exact) mass is 405 g/mol. The summed E-state index contributed by atoms with van der Waals surface area (Å²) < 4.78 is 10.8. The maximum absolute atomic E-state index is 5.42. The highest BCUT2D eigenvalue weighted by atomic mass is 16.5. The van der Waals surface area contributed by atoms with Crippen molar-refractivity contribution >= 4 is 11.5 Å². The Bertz CT molecular complexity index is 974. The molecule has 7 nitrogen and oxygen atoms in total. The van der Waals surface area contributed by atoms with E-state index in [9.17, 15) is 0 Å². The van der Waals surface area contributed by atoms with E-state index in [1.54, 1.807) is 26.6 Å². The molecule has 7 heteroatoms. The first-order valence-electron chi connectivity index (χ1n) is 10.2. The van der Waals surface area contributed by atoms with Crippen molar-refractivity contribution in [2.75, 3.05) is 37.5 Å². The van der Waals surface area contributed by atoms with Crippen LogP contribution in [0.5, 0.6) is 11.5 Å². The third-order valence-corrected chi connectivity index (χ3v) is 5.32. The van der Waals surface area contributed by atoms with Gasteiger partial charge in [-0.2, -0.15) is 0 Å². The van der Waals surface area contributed by atoms with Crippen molar-refractivity contribution in [3.63, 3.8) is 0 Å². The van der Waals surface area contributed by atoms with Gasteiger partial charge in [-0.3, -0.25) is 4.98 Å². The quantitative estimate of drug-likeness (QED) is 0.641. The molecule has 0 amide bonds. The standard InChI is InChI=1S/C23H27N5O2/c1-4-17-11-22(27-23(26-17)16-5-8-24-9-6-16)25-18-7-10-28(15-18)19-12-20(29-2)14-21(13-19)30-3/h5-6,8-9,11-14,18H,4,7,10,15H2,1-3H3,(H,25,26,27). The highest BCUT2D eigenvalue weighted by Gasteiger charge is 2.24. The number of methoxy groups -OCH3 is 2. The predicted octanol–water partition coefficient (Wildman–Crippen LogP) is 3.81. The maximum atomic E-state index is 5.42. The van der Waals surface area contributed by atoms with Gasteiger partial charge in [-0.05, 0) is 25.0 Å². The van der Waals surface area contributed by atoms with Crippen molar-refractivity contribution in [1.29, 1.82) is 0 Å². The van der Waals surface area contributed by atoms with Gasteiger partial charge in [-0.25, -0.2) is 9.97 Å². The number of aromatic nitrogens is 3. The molecule has 1 aliphatic heterocycles. The van der Waals surface area contributed by atoms with E-state index >= 15 is 0 Å². The number of ether oxygens (including phenoxy) is 2. The second-order valence-corrected chi connectivity index (χ2v) is 7.30. The second-order valence-electron chi connectivity index (χ2n) is 7.30. The summed E-state index contributed by atoms with van der Waals surface area (Å²) in [6, 6.07) is 12.2. The van der Waals surface area contributed by atoms with Gasteiger partial charge in [0.15, 0.2) is 5.82 Å². The first-order chi connectivity index (χ1) is 14.7. The molecule has 1 atom stereocenters. The van der Waals surface area contributed by atoms with E-state index in [-0.39, 0.29) is 0 Å². The minimum Gasteiger partial charge on any atom is -0.497 e. The van der Waals surface area contributed by atoms with Crippen molar-refractivity contribution in [1.82, 2.24) is 15.0 Å². The van der Waals surface area contributed by atoms with Crippen molar-refractivity contribution in [2.45, 2.75) is 25.8 Å². The Hall–Kier alpha value is -3.35. The highest BCUT2D eigenvalue weighted by molar-refractivity contribution is 5.58. The van der Waals surface area contributed by atoms with Crippen LogP contribution in [0.4, 0.5) is 11.5 Å². The zero-order valence-electron chi connectivity index (χ0n) is 17.6. The van der Waals surface area contributed by atoms with E-state index < -0.39 is 0 Å². The Morgan fingerprint density at radius 3 is 2.43 bits per heavy atom. The normalized spacial score (nSPS) is 15.8. The fraction of sp³-hybridized carbons (Fsp3) is 0.348. The summed E-state index contributed by atoms with van der Waals surface area (Å²) in [5.41, 5.74) is 3.09. The van der Waals surface area contributed by atoms with Crippen LogP contribution in [-0.2, 0) is 6.42 Å². The molecule has 30 heavy (non-hydrogen) atoms. The van der Waals surface area contributed by atoms with Crippen LogP contribution in [0.2, 0.25) is 0 Å². The van der Waals surface area contributed by atoms with Crippen LogP contribution in [0.15, 0.2) is 48.8 Å². The van der Waals surface area contributed by atoms with E-state index in [2.05, 4.69) is 27.1 Å². The first-order valence-corrected chi connectivity index (χ1v) is 10.2. The molecule has 1 fully saturated rings. The van der Waals surface area contributed by atoms with Gasteiger partial charge in [0.1, 0.15) is 17.3 Å². The third-order valence-electron chi connectivity index (χ3n) is 5.32. The number of nitrogens with zero attached hydrogens (tertiary/aromatic N) is 4. The van der Waals surface area contributed by atoms with Crippen LogP contribution in [0.1, 0.15) is 19.0 Å². The van der Waals surface area contributed by atoms with Gasteiger partial charge in [0.2, 0.25) is 0 Å². The summed E-state index contributed by atoms with van der Waals surface area (Å²) in [5.74, 6) is 3.19. The van der Waals surface area contributed by atoms with Crippen molar-refractivity contribution in [3.8, 4) is 22.9 Å². The molecular formula is C23H27N5O2. The van der Waals surface area contributed by atoms with E-state index in [0.29, 0.717) is 6.04 Å². The fourth-order valence-corrected chi connectivity index (χ4v) is 3.68. The van der Waals surface area contributed by atoms with Gasteiger partial charge in [0, 0.05) is 72.7 Å². The molecule has 4 rings (SSSR count). The molecule has 0 saturated carbocycles. The summed E-state index contributed by atoms with van der Waals surface area (Å²) in [4.78, 5) is 15.9. The van der Waals surface area contributed by atoms with Crippen LogP contribution in [0.3, 0.4) is 0 Å². The number of aryl methyl sites for hydroxylation is 1. The minimum atomic E-state index is 0.298. The summed E-state index contributed by atoms with van der Waals surface area (Å²) in [5, 5.41) is 3.61. The lowest BCUT2D eigenvalue weighted by atomic mass is 10.2. The number of nitrogens with one attached hydrogen (secondary N) is 1. The SMILES string of the molecule is CCc1cc(NC2CCN(c3cc(OC)cc(OC)c3)C2)nc(-c2ccncc2)n1. The molecule has 1 unspecified atom stereocenters. The van der Waals surface area contributed by atoms with Crippen LogP contribution < -0.4 is 19.7 Å². The molecule has 0 bridgehead atoms. The predicted molar refractivity (Wildman–Crippen MR) is 118 cm³/mol. The highest BCUT2D eigenvalue weighted by Crippen LogP contribution is 2.31. The lowest BCUT2D eigenvalue weighted by Crippen LogP contribution is -2.26. The molecule has 156 valence electrons. The largest absolute Gasteiger partial charge is 0.497 e. The average Bonchev–Trinajstić information content (AvgIpc) is 3.27. The van der Waals surface area contributed by atoms with Crippen molar-refractivity contribution < 1.29 is 9.47 Å². The third kappa shape index (κ3) is 4.45. The second kappa shape index (κ2) is 8.98. The van der Waals surface area contributed by atoms with Gasteiger partial charge in [0.25, 0.3) is 0 Å². The summed E-state index contributed by atoms with van der Waals surface area (Å²) in [6.07, 6.45) is 5.41. The number of pyridine rings is 1. The Morgan fingerprint density at radius 1 is 1.03 bits per heavy atom. The number of hydrogen-bond donors (Lipinski definition) is 1. The Morgan fingerprint density at radius 2 is 1.77 bits per heavy atom. The maximum Gasteiger partial charge on any atom is 0.161 e. The van der Waals surface area contributed by atoms with Gasteiger partial charge >= 0.3 is 0 Å². The van der Waals surface area contributed by atoms with Crippen LogP contribution in [-0.4, -0.2) is 48.3 Å².